The first kappa shape index (κ1) is 29.4. The Bertz CT molecular complexity index is 1660. The Kier molecular flexibility index (Phi) is 8.12. The number of halogens is 1. The maximum Gasteiger partial charge on any atom is 0.279 e. The summed E-state index contributed by atoms with van der Waals surface area (Å²) in [4.78, 5) is 44.4. The average molecular weight is 612 g/mol. The lowest BCUT2D eigenvalue weighted by Gasteiger charge is -2.37. The molecule has 1 aromatic carbocycles. The summed E-state index contributed by atoms with van der Waals surface area (Å²) < 4.78 is 27.7. The minimum atomic E-state index is -3.83. The molecule has 2 aliphatic rings. The van der Waals surface area contributed by atoms with E-state index < -0.39 is 21.5 Å². The molecule has 42 heavy (non-hydrogen) atoms. The summed E-state index contributed by atoms with van der Waals surface area (Å²) >= 11 is 5.89. The number of likely N-dealkylation sites (tertiary alicyclic amines) is 1. The van der Waals surface area contributed by atoms with E-state index >= 15 is 0 Å². The minimum Gasteiger partial charge on any atom is -0.382 e. The fraction of sp³-hybridized carbons (Fsp3) is 0.333. The standard InChI is InChI=1S/C27H30ClN9O4S/c1-36(16-17-4-3-11-31-15-17)42(40,41)19-6-2-5-18(14-19)26(39)37-12-9-27(10-13-37)8-7-20(35-27)32-25(38)21-23(29)34-24(30)22(28)33-21/h2-6,11,14-15H,7-10,12-13,16H2,1H3,(H4,29,30,34)(H,32,35,38). The predicted molar refractivity (Wildman–Crippen MR) is 157 cm³/mol. The smallest absolute Gasteiger partial charge is 0.279 e. The van der Waals surface area contributed by atoms with Crippen LogP contribution in [0.15, 0.2) is 58.7 Å². The zero-order chi connectivity index (χ0) is 30.1. The molecular weight excluding hydrogens is 582 g/mol. The van der Waals surface area contributed by atoms with Crippen molar-refractivity contribution >= 4 is 50.9 Å². The first-order valence-corrected chi connectivity index (χ1v) is 15.0. The molecule has 13 nitrogen and oxygen atoms in total. The number of nitrogens with two attached hydrogens (primary N) is 2. The van der Waals surface area contributed by atoms with Crippen LogP contribution in [0.1, 0.15) is 52.1 Å². The molecule has 1 fully saturated rings. The van der Waals surface area contributed by atoms with Crippen molar-refractivity contribution in [2.24, 2.45) is 4.99 Å². The van der Waals surface area contributed by atoms with Crippen LogP contribution in [0.5, 0.6) is 0 Å². The van der Waals surface area contributed by atoms with Crippen molar-refractivity contribution in [2.75, 3.05) is 31.6 Å². The third kappa shape index (κ3) is 6.05. The maximum atomic E-state index is 13.4. The van der Waals surface area contributed by atoms with Gasteiger partial charge >= 0.3 is 0 Å². The number of benzene rings is 1. The van der Waals surface area contributed by atoms with Gasteiger partial charge in [-0.1, -0.05) is 23.7 Å². The third-order valence-electron chi connectivity index (χ3n) is 7.48. The number of amides is 2. The Morgan fingerprint density at radius 1 is 1.10 bits per heavy atom. The molecule has 15 heteroatoms. The van der Waals surface area contributed by atoms with Crippen molar-refractivity contribution in [1.29, 1.82) is 0 Å². The van der Waals surface area contributed by atoms with E-state index in [0.717, 1.165) is 5.56 Å². The molecule has 0 saturated carbocycles. The molecular formula is C27H30ClN9O4S. The van der Waals surface area contributed by atoms with Gasteiger partial charge in [0.25, 0.3) is 11.8 Å². The van der Waals surface area contributed by atoms with Gasteiger partial charge in [0.05, 0.1) is 10.4 Å². The molecule has 4 heterocycles. The number of piperidine rings is 1. The SMILES string of the molecule is CN(Cc1cccnc1)S(=O)(=O)c1cccc(C(=O)N2CCC3(CCC(NC(=O)c4nc(Cl)c(N)nc4N)=N3)CC2)c1. The molecule has 3 aromatic rings. The number of sulfonamides is 1. The minimum absolute atomic E-state index is 0.0433. The fourth-order valence-electron chi connectivity index (χ4n) is 5.11. The van der Waals surface area contributed by atoms with Gasteiger partial charge in [-0.15, -0.1) is 0 Å². The lowest BCUT2D eigenvalue weighted by atomic mass is 9.86. The van der Waals surface area contributed by atoms with Gasteiger partial charge in [0.2, 0.25) is 10.0 Å². The van der Waals surface area contributed by atoms with E-state index in [-0.39, 0.29) is 39.8 Å². The average Bonchev–Trinajstić information content (AvgIpc) is 3.36. The van der Waals surface area contributed by atoms with E-state index in [1.165, 1.54) is 23.5 Å². The molecule has 0 unspecified atom stereocenters. The van der Waals surface area contributed by atoms with E-state index in [9.17, 15) is 18.0 Å². The molecule has 5 N–H and O–H groups in total. The molecule has 2 aliphatic heterocycles. The third-order valence-corrected chi connectivity index (χ3v) is 9.55. The van der Waals surface area contributed by atoms with Crippen LogP contribution in [0.3, 0.4) is 0 Å². The first-order valence-electron chi connectivity index (χ1n) is 13.2. The maximum absolute atomic E-state index is 13.4. The molecule has 2 aromatic heterocycles. The van der Waals surface area contributed by atoms with Crippen LogP contribution in [0.4, 0.5) is 11.6 Å². The van der Waals surface area contributed by atoms with Crippen LogP contribution in [0, 0.1) is 0 Å². The number of hydrogen-bond acceptors (Lipinski definition) is 10. The van der Waals surface area contributed by atoms with Crippen LogP contribution >= 0.6 is 11.6 Å². The Balaban J connectivity index is 1.22. The number of nitrogen functional groups attached to an aromatic ring is 2. The molecule has 0 bridgehead atoms. The Morgan fingerprint density at radius 3 is 2.57 bits per heavy atom. The Labute approximate surface area is 248 Å². The van der Waals surface area contributed by atoms with Crippen LogP contribution in [-0.2, 0) is 16.6 Å². The van der Waals surface area contributed by atoms with Crippen molar-refractivity contribution in [1.82, 2.24) is 29.5 Å². The number of hydrogen-bond donors (Lipinski definition) is 3. The molecule has 0 aliphatic carbocycles. The highest BCUT2D eigenvalue weighted by Crippen LogP contribution is 2.36. The van der Waals surface area contributed by atoms with Gasteiger partial charge in [0, 0.05) is 51.1 Å². The van der Waals surface area contributed by atoms with Gasteiger partial charge in [-0.3, -0.25) is 19.6 Å². The molecule has 1 saturated heterocycles. The van der Waals surface area contributed by atoms with Crippen molar-refractivity contribution in [3.05, 3.63) is 70.8 Å². The number of nitrogens with zero attached hydrogens (tertiary/aromatic N) is 6. The van der Waals surface area contributed by atoms with Gasteiger partial charge in [-0.05, 0) is 49.1 Å². The molecule has 2 amide bonds. The molecule has 0 atom stereocenters. The number of anilines is 2. The second-order valence-corrected chi connectivity index (χ2v) is 12.7. The second-order valence-electron chi connectivity index (χ2n) is 10.3. The van der Waals surface area contributed by atoms with Crippen LogP contribution in [0.2, 0.25) is 5.15 Å². The van der Waals surface area contributed by atoms with Crippen molar-refractivity contribution in [3.8, 4) is 0 Å². The van der Waals surface area contributed by atoms with E-state index in [0.29, 0.717) is 50.2 Å². The number of amidine groups is 1. The number of nitrogens with one attached hydrogen (secondary N) is 1. The van der Waals surface area contributed by atoms with Crippen molar-refractivity contribution in [2.45, 2.75) is 42.7 Å². The van der Waals surface area contributed by atoms with Crippen molar-refractivity contribution in [3.63, 3.8) is 0 Å². The van der Waals surface area contributed by atoms with E-state index in [1.807, 2.05) is 0 Å². The monoisotopic (exact) mass is 611 g/mol. The number of carbonyl (C=O) groups is 2. The van der Waals surface area contributed by atoms with Gasteiger partial charge < -0.3 is 21.7 Å². The number of aromatic nitrogens is 3. The van der Waals surface area contributed by atoms with Gasteiger partial charge in [-0.2, -0.15) is 4.31 Å². The van der Waals surface area contributed by atoms with Crippen LogP contribution in [-0.4, -0.2) is 75.9 Å². The molecule has 220 valence electrons. The normalized spacial score (nSPS) is 16.5. The van der Waals surface area contributed by atoms with Gasteiger partial charge in [0.15, 0.2) is 22.5 Å². The van der Waals surface area contributed by atoms with E-state index in [4.69, 9.17) is 28.1 Å². The topological polar surface area (TPSA) is 190 Å². The summed E-state index contributed by atoms with van der Waals surface area (Å²) in [5.41, 5.74) is 11.9. The summed E-state index contributed by atoms with van der Waals surface area (Å²) in [7, 11) is -2.34. The van der Waals surface area contributed by atoms with Crippen LogP contribution < -0.4 is 16.8 Å². The van der Waals surface area contributed by atoms with E-state index in [2.05, 4.69) is 20.3 Å². The molecule has 0 radical (unpaired) electrons. The first-order chi connectivity index (χ1) is 20.0. The Morgan fingerprint density at radius 2 is 1.86 bits per heavy atom. The largest absolute Gasteiger partial charge is 0.382 e. The summed E-state index contributed by atoms with van der Waals surface area (Å²) in [6.45, 7) is 1.03. The number of rotatable bonds is 6. The van der Waals surface area contributed by atoms with Crippen molar-refractivity contribution < 1.29 is 18.0 Å². The second kappa shape index (κ2) is 11.6. The number of aliphatic imine (C=N–C) groups is 1. The summed E-state index contributed by atoms with van der Waals surface area (Å²) in [5, 5.41) is 2.63. The summed E-state index contributed by atoms with van der Waals surface area (Å²) in [6, 6.07) is 9.64. The highest BCUT2D eigenvalue weighted by atomic mass is 35.5. The highest BCUT2D eigenvalue weighted by Gasteiger charge is 2.40. The number of pyridine rings is 1. The predicted octanol–water partition coefficient (Wildman–Crippen LogP) is 2.11. The quantitative estimate of drug-likeness (QED) is 0.375. The van der Waals surface area contributed by atoms with Gasteiger partial charge in [-0.25, -0.2) is 18.4 Å². The van der Waals surface area contributed by atoms with Gasteiger partial charge in [0.1, 0.15) is 5.84 Å². The highest BCUT2D eigenvalue weighted by molar-refractivity contribution is 7.89. The Hall–Kier alpha value is -4.14. The lowest BCUT2D eigenvalue weighted by molar-refractivity contribution is 0.0672. The fourth-order valence-corrected chi connectivity index (χ4v) is 6.44. The summed E-state index contributed by atoms with van der Waals surface area (Å²) in [6.07, 6.45) is 5.69. The summed E-state index contributed by atoms with van der Waals surface area (Å²) in [5.74, 6) is -0.521. The zero-order valence-electron chi connectivity index (χ0n) is 22.8. The zero-order valence-corrected chi connectivity index (χ0v) is 24.4. The molecule has 1 spiro atoms. The van der Waals surface area contributed by atoms with E-state index in [1.54, 1.807) is 41.6 Å². The molecule has 5 rings (SSSR count). The van der Waals surface area contributed by atoms with Crippen LogP contribution in [0.25, 0.3) is 0 Å². The lowest BCUT2D eigenvalue weighted by Crippen LogP contribution is -2.45. The number of carbonyl (C=O) groups excluding carboxylic acids is 2.